The Morgan fingerprint density at radius 3 is 2.39 bits per heavy atom. The smallest absolute Gasteiger partial charge is 0.278 e. The summed E-state index contributed by atoms with van der Waals surface area (Å²) in [5, 5.41) is 7.25. The summed E-state index contributed by atoms with van der Waals surface area (Å²) in [7, 11) is 0. The van der Waals surface area contributed by atoms with Crippen LogP contribution in [-0.2, 0) is 11.2 Å². The van der Waals surface area contributed by atoms with Crippen LogP contribution in [0, 0.1) is 0 Å². The molecule has 0 saturated heterocycles. The molecule has 0 radical (unpaired) electrons. The quantitative estimate of drug-likeness (QED) is 0.805. The fourth-order valence-corrected chi connectivity index (χ4v) is 3.42. The largest absolute Gasteiger partial charge is 0.349 e. The van der Waals surface area contributed by atoms with Crippen molar-refractivity contribution in [1.82, 2.24) is 5.32 Å². The number of hydrogen-bond acceptors (Lipinski definition) is 2. The molecule has 1 aromatic heterocycles. The number of nitrogens with two attached hydrogens (primary N) is 1. The average Bonchev–Trinajstić information content (AvgIpc) is 3.06. The van der Waals surface area contributed by atoms with Gasteiger partial charge in [-0.2, -0.15) is 0 Å². The van der Waals surface area contributed by atoms with E-state index in [-0.39, 0.29) is 24.0 Å². The highest BCUT2D eigenvalue weighted by atomic mass is 32.1. The lowest BCUT2D eigenvalue weighted by atomic mass is 10.0. The Kier molecular flexibility index (Phi) is 6.37. The standard InChI is InChI=1S/C19H26N2OS/c1-5-15-8-10-16(11-9-15)18(17-7-6-12-23-17)21-14(4)19(22)20-13(2)3/h6-14,18,21H,5H2,1-4H3,(H,20,22)/p+1/t14-,18+/m0/s1. The Bertz CT molecular complexity index is 605. The van der Waals surface area contributed by atoms with Gasteiger partial charge in [0.25, 0.3) is 5.91 Å². The van der Waals surface area contributed by atoms with E-state index in [1.54, 1.807) is 11.3 Å². The van der Waals surface area contributed by atoms with E-state index in [4.69, 9.17) is 0 Å². The summed E-state index contributed by atoms with van der Waals surface area (Å²) in [5.41, 5.74) is 2.58. The van der Waals surface area contributed by atoms with Gasteiger partial charge in [0, 0.05) is 11.6 Å². The van der Waals surface area contributed by atoms with E-state index in [1.807, 2.05) is 20.8 Å². The number of nitrogens with one attached hydrogen (secondary N) is 1. The van der Waals surface area contributed by atoms with E-state index in [9.17, 15) is 4.79 Å². The van der Waals surface area contributed by atoms with Crippen molar-refractivity contribution >= 4 is 17.2 Å². The van der Waals surface area contributed by atoms with Crippen LogP contribution in [0.4, 0.5) is 0 Å². The second kappa shape index (κ2) is 8.27. The van der Waals surface area contributed by atoms with Gasteiger partial charge >= 0.3 is 0 Å². The number of carbonyl (C=O) groups is 1. The maximum absolute atomic E-state index is 12.3. The highest BCUT2D eigenvalue weighted by Crippen LogP contribution is 2.23. The number of quaternary nitrogens is 1. The van der Waals surface area contributed by atoms with Gasteiger partial charge < -0.3 is 10.6 Å². The van der Waals surface area contributed by atoms with Crippen molar-refractivity contribution < 1.29 is 10.1 Å². The summed E-state index contributed by atoms with van der Waals surface area (Å²) in [6.45, 7) is 8.12. The van der Waals surface area contributed by atoms with Gasteiger partial charge in [0.15, 0.2) is 6.04 Å². The van der Waals surface area contributed by atoms with Gasteiger partial charge in [-0.1, -0.05) is 37.3 Å². The number of rotatable bonds is 7. The van der Waals surface area contributed by atoms with E-state index in [1.165, 1.54) is 16.0 Å². The van der Waals surface area contributed by atoms with Crippen molar-refractivity contribution in [3.63, 3.8) is 0 Å². The first kappa shape index (κ1) is 17.7. The zero-order valence-electron chi connectivity index (χ0n) is 14.4. The minimum atomic E-state index is -0.129. The first-order chi connectivity index (χ1) is 11.0. The lowest BCUT2D eigenvalue weighted by molar-refractivity contribution is -0.704. The molecule has 0 saturated carbocycles. The lowest BCUT2D eigenvalue weighted by Crippen LogP contribution is -2.92. The topological polar surface area (TPSA) is 45.7 Å². The van der Waals surface area contributed by atoms with E-state index < -0.39 is 0 Å². The van der Waals surface area contributed by atoms with Crippen LogP contribution in [0.5, 0.6) is 0 Å². The molecule has 0 unspecified atom stereocenters. The monoisotopic (exact) mass is 331 g/mol. The normalized spacial score (nSPS) is 13.8. The van der Waals surface area contributed by atoms with Gasteiger partial charge in [-0.05, 0) is 44.2 Å². The SMILES string of the molecule is CCc1ccc([C@@H]([NH2+][C@@H](C)C(=O)NC(C)C)c2cccs2)cc1. The average molecular weight is 332 g/mol. The van der Waals surface area contributed by atoms with Crippen LogP contribution in [0.2, 0.25) is 0 Å². The Labute approximate surface area is 143 Å². The zero-order chi connectivity index (χ0) is 16.8. The molecule has 4 heteroatoms. The van der Waals surface area contributed by atoms with Crippen molar-refractivity contribution in [2.75, 3.05) is 0 Å². The van der Waals surface area contributed by atoms with Crippen LogP contribution in [0.25, 0.3) is 0 Å². The predicted octanol–water partition coefficient (Wildman–Crippen LogP) is 2.88. The fourth-order valence-electron chi connectivity index (χ4n) is 2.59. The Morgan fingerprint density at radius 1 is 1.17 bits per heavy atom. The molecule has 23 heavy (non-hydrogen) atoms. The molecule has 0 bridgehead atoms. The van der Waals surface area contributed by atoms with Gasteiger partial charge in [0.2, 0.25) is 0 Å². The minimum absolute atomic E-state index is 0.0896. The molecular formula is C19H27N2OS+. The third-order valence-corrected chi connectivity index (χ3v) is 4.88. The summed E-state index contributed by atoms with van der Waals surface area (Å²) < 4.78 is 0. The van der Waals surface area contributed by atoms with Crippen LogP contribution in [0.15, 0.2) is 41.8 Å². The first-order valence-electron chi connectivity index (χ1n) is 8.28. The first-order valence-corrected chi connectivity index (χ1v) is 9.16. The highest BCUT2D eigenvalue weighted by Gasteiger charge is 2.25. The maximum atomic E-state index is 12.3. The Morgan fingerprint density at radius 2 is 1.87 bits per heavy atom. The second-order valence-corrected chi connectivity index (χ2v) is 7.21. The molecule has 0 fully saturated rings. The molecule has 0 aliphatic heterocycles. The van der Waals surface area contributed by atoms with Crippen molar-refractivity contribution in [3.8, 4) is 0 Å². The summed E-state index contributed by atoms with van der Waals surface area (Å²) in [6, 6.07) is 13.2. The zero-order valence-corrected chi connectivity index (χ0v) is 15.2. The van der Waals surface area contributed by atoms with Crippen LogP contribution in [0.1, 0.15) is 49.7 Å². The van der Waals surface area contributed by atoms with Gasteiger partial charge in [-0.15, -0.1) is 11.3 Å². The van der Waals surface area contributed by atoms with Crippen LogP contribution in [-0.4, -0.2) is 18.0 Å². The minimum Gasteiger partial charge on any atom is -0.349 e. The predicted molar refractivity (Wildman–Crippen MR) is 96.6 cm³/mol. The summed E-state index contributed by atoms with van der Waals surface area (Å²) >= 11 is 1.74. The van der Waals surface area contributed by atoms with Crippen LogP contribution >= 0.6 is 11.3 Å². The van der Waals surface area contributed by atoms with Crippen LogP contribution < -0.4 is 10.6 Å². The fraction of sp³-hybridized carbons (Fsp3) is 0.421. The third kappa shape index (κ3) is 4.91. The number of aryl methyl sites for hydroxylation is 1. The molecule has 1 amide bonds. The Hall–Kier alpha value is -1.65. The second-order valence-electron chi connectivity index (χ2n) is 6.23. The molecule has 2 atom stereocenters. The molecule has 2 rings (SSSR count). The van der Waals surface area contributed by atoms with E-state index >= 15 is 0 Å². The molecule has 2 aromatic rings. The van der Waals surface area contributed by atoms with E-state index in [0.29, 0.717) is 0 Å². The third-order valence-electron chi connectivity index (χ3n) is 3.92. The van der Waals surface area contributed by atoms with Gasteiger partial charge in [0.05, 0.1) is 4.88 Å². The van der Waals surface area contributed by atoms with Crippen molar-refractivity contribution in [1.29, 1.82) is 0 Å². The summed E-state index contributed by atoms with van der Waals surface area (Å²) in [6.07, 6.45) is 1.04. The molecule has 0 aliphatic carbocycles. The molecule has 0 aliphatic rings. The molecule has 1 heterocycles. The molecule has 0 spiro atoms. The number of benzene rings is 1. The van der Waals surface area contributed by atoms with Gasteiger partial charge in [-0.25, -0.2) is 0 Å². The molecule has 3 N–H and O–H groups in total. The molecule has 1 aromatic carbocycles. The van der Waals surface area contributed by atoms with Gasteiger partial charge in [-0.3, -0.25) is 4.79 Å². The van der Waals surface area contributed by atoms with Crippen molar-refractivity contribution in [2.45, 2.75) is 52.2 Å². The maximum Gasteiger partial charge on any atom is 0.278 e. The molecular weight excluding hydrogens is 304 g/mol. The number of thiophene rings is 1. The van der Waals surface area contributed by atoms with Crippen LogP contribution in [0.3, 0.4) is 0 Å². The number of hydrogen-bond donors (Lipinski definition) is 2. The Balaban J connectivity index is 2.19. The molecule has 3 nitrogen and oxygen atoms in total. The van der Waals surface area contributed by atoms with Crippen molar-refractivity contribution in [3.05, 3.63) is 57.8 Å². The van der Waals surface area contributed by atoms with E-state index in [0.717, 1.165) is 6.42 Å². The molecule has 124 valence electrons. The summed E-state index contributed by atoms with van der Waals surface area (Å²) in [5.74, 6) is 0.0896. The number of amides is 1. The van der Waals surface area contributed by atoms with E-state index in [2.05, 4.69) is 59.3 Å². The summed E-state index contributed by atoms with van der Waals surface area (Å²) in [4.78, 5) is 13.5. The highest BCUT2D eigenvalue weighted by molar-refractivity contribution is 7.10. The number of carbonyl (C=O) groups excluding carboxylic acids is 1. The van der Waals surface area contributed by atoms with Crippen molar-refractivity contribution in [2.24, 2.45) is 0 Å². The van der Waals surface area contributed by atoms with Gasteiger partial charge in [0.1, 0.15) is 6.04 Å². The lowest BCUT2D eigenvalue weighted by Gasteiger charge is -2.20.